The number of hydrogen-bond donors (Lipinski definition) is 1. The van der Waals surface area contributed by atoms with Gasteiger partial charge in [0.15, 0.2) is 5.78 Å². The van der Waals surface area contributed by atoms with Crippen molar-refractivity contribution >= 4 is 5.78 Å². The second kappa shape index (κ2) is 5.32. The summed E-state index contributed by atoms with van der Waals surface area (Å²) in [6.07, 6.45) is 9.95. The van der Waals surface area contributed by atoms with Crippen molar-refractivity contribution < 1.29 is 4.79 Å². The van der Waals surface area contributed by atoms with E-state index in [-0.39, 0.29) is 5.78 Å². The Hall–Kier alpha value is -1.60. The van der Waals surface area contributed by atoms with Crippen LogP contribution in [0.2, 0.25) is 0 Å². The number of aryl methyl sites for hydroxylation is 2. The maximum atomic E-state index is 11.5. The van der Waals surface area contributed by atoms with Crippen LogP contribution >= 0.6 is 0 Å². The molecule has 15 heavy (non-hydrogen) atoms. The third kappa shape index (κ3) is 3.22. The van der Waals surface area contributed by atoms with Gasteiger partial charge >= 0.3 is 0 Å². The lowest BCUT2D eigenvalue weighted by Crippen LogP contribution is -2.30. The standard InChI is InChI=1S/C11H15N3O/c1-3-4-9(12)10(15)5-6-11-13-7-8-14(11)2/h1,7-9H,4-6,12H2,2H3. The first-order valence-electron chi connectivity index (χ1n) is 4.83. The van der Waals surface area contributed by atoms with Crippen LogP contribution in [-0.2, 0) is 18.3 Å². The van der Waals surface area contributed by atoms with Gasteiger partial charge in [0.2, 0.25) is 0 Å². The minimum absolute atomic E-state index is 0.00375. The Bertz CT molecular complexity index is 375. The average Bonchev–Trinajstić information content (AvgIpc) is 2.61. The molecule has 0 aliphatic carbocycles. The number of nitrogens with two attached hydrogens (primary N) is 1. The Labute approximate surface area is 89.5 Å². The van der Waals surface area contributed by atoms with Crippen LogP contribution in [0, 0.1) is 12.3 Å². The van der Waals surface area contributed by atoms with Gasteiger partial charge in [0.05, 0.1) is 6.04 Å². The highest BCUT2D eigenvalue weighted by Gasteiger charge is 2.12. The van der Waals surface area contributed by atoms with Crippen LogP contribution in [0.25, 0.3) is 0 Å². The molecule has 0 aliphatic heterocycles. The molecular weight excluding hydrogens is 190 g/mol. The number of aromatic nitrogens is 2. The average molecular weight is 205 g/mol. The lowest BCUT2D eigenvalue weighted by atomic mass is 10.1. The lowest BCUT2D eigenvalue weighted by Gasteiger charge is -2.06. The van der Waals surface area contributed by atoms with Gasteiger partial charge in [0.25, 0.3) is 0 Å². The third-order valence-corrected chi connectivity index (χ3v) is 2.27. The van der Waals surface area contributed by atoms with Crippen LogP contribution in [-0.4, -0.2) is 21.4 Å². The molecule has 0 radical (unpaired) electrons. The number of nitrogens with zero attached hydrogens (tertiary/aromatic N) is 2. The molecule has 2 N–H and O–H groups in total. The quantitative estimate of drug-likeness (QED) is 0.702. The van der Waals surface area contributed by atoms with E-state index in [2.05, 4.69) is 10.9 Å². The zero-order valence-electron chi connectivity index (χ0n) is 8.81. The molecule has 4 nitrogen and oxygen atoms in total. The summed E-state index contributed by atoms with van der Waals surface area (Å²) in [6.45, 7) is 0. The molecule has 0 amide bonds. The van der Waals surface area contributed by atoms with Crippen molar-refractivity contribution in [2.24, 2.45) is 12.8 Å². The largest absolute Gasteiger partial charge is 0.338 e. The van der Waals surface area contributed by atoms with E-state index < -0.39 is 6.04 Å². The smallest absolute Gasteiger partial charge is 0.150 e. The third-order valence-electron chi connectivity index (χ3n) is 2.27. The number of hydrogen-bond acceptors (Lipinski definition) is 3. The molecule has 0 bridgehead atoms. The SMILES string of the molecule is C#CCC(N)C(=O)CCc1nccn1C. The summed E-state index contributed by atoms with van der Waals surface area (Å²) in [6, 6.07) is -0.532. The molecule has 1 atom stereocenters. The van der Waals surface area contributed by atoms with E-state index in [1.54, 1.807) is 6.20 Å². The van der Waals surface area contributed by atoms with Crippen LogP contribution in [0.5, 0.6) is 0 Å². The van der Waals surface area contributed by atoms with Gasteiger partial charge in [0, 0.05) is 38.7 Å². The maximum absolute atomic E-state index is 11.5. The second-order valence-electron chi connectivity index (χ2n) is 3.44. The van der Waals surface area contributed by atoms with Gasteiger partial charge in [-0.3, -0.25) is 4.79 Å². The van der Waals surface area contributed by atoms with Crippen LogP contribution in [0.4, 0.5) is 0 Å². The summed E-state index contributed by atoms with van der Waals surface area (Å²) in [7, 11) is 1.90. The Kier molecular flexibility index (Phi) is 4.07. The van der Waals surface area contributed by atoms with Crippen molar-refractivity contribution in [1.29, 1.82) is 0 Å². The molecule has 80 valence electrons. The first-order valence-corrected chi connectivity index (χ1v) is 4.83. The maximum Gasteiger partial charge on any atom is 0.150 e. The van der Waals surface area contributed by atoms with Crippen LogP contribution in [0.1, 0.15) is 18.7 Å². The van der Waals surface area contributed by atoms with Gasteiger partial charge in [-0.05, 0) is 0 Å². The van der Waals surface area contributed by atoms with Crippen molar-refractivity contribution in [1.82, 2.24) is 9.55 Å². The predicted octanol–water partition coefficient (Wildman–Crippen LogP) is 0.272. The zero-order valence-corrected chi connectivity index (χ0v) is 8.81. The topological polar surface area (TPSA) is 60.9 Å². The minimum Gasteiger partial charge on any atom is -0.338 e. The van der Waals surface area contributed by atoms with Gasteiger partial charge in [0.1, 0.15) is 5.82 Å². The van der Waals surface area contributed by atoms with Crippen molar-refractivity contribution in [2.45, 2.75) is 25.3 Å². The molecule has 4 heteroatoms. The molecule has 0 saturated heterocycles. The summed E-state index contributed by atoms with van der Waals surface area (Å²) in [4.78, 5) is 15.6. The number of carbonyl (C=O) groups excluding carboxylic acids is 1. The van der Waals surface area contributed by atoms with Crippen molar-refractivity contribution in [3.63, 3.8) is 0 Å². The van der Waals surface area contributed by atoms with Crippen LogP contribution in [0.15, 0.2) is 12.4 Å². The number of imidazole rings is 1. The highest BCUT2D eigenvalue weighted by Crippen LogP contribution is 2.02. The molecule has 0 spiro atoms. The highest BCUT2D eigenvalue weighted by atomic mass is 16.1. The van der Waals surface area contributed by atoms with Crippen LogP contribution in [0.3, 0.4) is 0 Å². The van der Waals surface area contributed by atoms with Crippen LogP contribution < -0.4 is 5.73 Å². The number of carbonyl (C=O) groups is 1. The Morgan fingerprint density at radius 3 is 3.07 bits per heavy atom. The summed E-state index contributed by atoms with van der Waals surface area (Å²) in [5.74, 6) is 3.27. The molecule has 1 aromatic rings. The fraction of sp³-hybridized carbons (Fsp3) is 0.455. The number of ketones is 1. The van der Waals surface area contributed by atoms with E-state index in [9.17, 15) is 4.79 Å². The van der Waals surface area contributed by atoms with Gasteiger partial charge in [-0.15, -0.1) is 12.3 Å². The molecule has 1 rings (SSSR count). The van der Waals surface area contributed by atoms with Crippen molar-refractivity contribution in [3.8, 4) is 12.3 Å². The van der Waals surface area contributed by atoms with Gasteiger partial charge in [-0.2, -0.15) is 0 Å². The van der Waals surface area contributed by atoms with E-state index in [0.717, 1.165) is 5.82 Å². The monoisotopic (exact) mass is 205 g/mol. The Morgan fingerprint density at radius 1 is 1.80 bits per heavy atom. The molecule has 0 saturated carbocycles. The van der Waals surface area contributed by atoms with Gasteiger partial charge in [-0.1, -0.05) is 0 Å². The first-order chi connectivity index (χ1) is 7.15. The zero-order chi connectivity index (χ0) is 11.3. The number of rotatable bonds is 5. The fourth-order valence-corrected chi connectivity index (χ4v) is 1.30. The highest BCUT2D eigenvalue weighted by molar-refractivity contribution is 5.84. The number of terminal acetylenes is 1. The van der Waals surface area contributed by atoms with E-state index in [1.807, 2.05) is 17.8 Å². The summed E-state index contributed by atoms with van der Waals surface area (Å²) < 4.78 is 1.89. The Morgan fingerprint density at radius 2 is 2.53 bits per heavy atom. The normalized spacial score (nSPS) is 12.1. The fourth-order valence-electron chi connectivity index (χ4n) is 1.30. The molecule has 1 unspecified atom stereocenters. The van der Waals surface area contributed by atoms with E-state index in [4.69, 9.17) is 12.2 Å². The van der Waals surface area contributed by atoms with Gasteiger partial charge < -0.3 is 10.3 Å². The van der Waals surface area contributed by atoms with Crippen molar-refractivity contribution in [2.75, 3.05) is 0 Å². The van der Waals surface area contributed by atoms with E-state index >= 15 is 0 Å². The number of Topliss-reactive ketones (excluding diaryl/α,β-unsaturated/α-hetero) is 1. The summed E-state index contributed by atoms with van der Waals surface area (Å²) in [5, 5.41) is 0. The summed E-state index contributed by atoms with van der Waals surface area (Å²) >= 11 is 0. The van der Waals surface area contributed by atoms with Gasteiger partial charge in [-0.25, -0.2) is 4.98 Å². The van der Waals surface area contributed by atoms with E-state index in [1.165, 1.54) is 0 Å². The Balaban J connectivity index is 2.41. The molecule has 1 heterocycles. The molecular formula is C11H15N3O. The molecule has 0 aromatic carbocycles. The first kappa shape index (κ1) is 11.5. The molecule has 1 aromatic heterocycles. The predicted molar refractivity (Wildman–Crippen MR) is 58.0 cm³/mol. The van der Waals surface area contributed by atoms with E-state index in [0.29, 0.717) is 19.3 Å². The second-order valence-corrected chi connectivity index (χ2v) is 3.44. The van der Waals surface area contributed by atoms with Crippen molar-refractivity contribution in [3.05, 3.63) is 18.2 Å². The summed E-state index contributed by atoms with van der Waals surface area (Å²) in [5.41, 5.74) is 5.59. The minimum atomic E-state index is -0.532. The molecule has 0 fully saturated rings. The molecule has 0 aliphatic rings. The lowest BCUT2D eigenvalue weighted by molar-refractivity contribution is -0.120.